The van der Waals surface area contributed by atoms with E-state index in [2.05, 4.69) is 187 Å². The molecule has 0 aromatic heterocycles. The van der Waals surface area contributed by atoms with Crippen LogP contribution in [0, 0.1) is 23.2 Å². The molecule has 7 aliphatic rings. The predicted molar refractivity (Wildman–Crippen MR) is 241 cm³/mol. The Hall–Kier alpha value is -6.15. The van der Waals surface area contributed by atoms with E-state index >= 15 is 0 Å². The summed E-state index contributed by atoms with van der Waals surface area (Å²) in [5.41, 5.74) is 15.7. The molecule has 2 aliphatic heterocycles. The topological polar surface area (TPSA) is 48.2 Å². The maximum atomic E-state index is 9.60. The van der Waals surface area contributed by atoms with Crippen LogP contribution < -0.4 is 5.32 Å². The lowest BCUT2D eigenvalue weighted by Gasteiger charge is -2.53. The van der Waals surface area contributed by atoms with Gasteiger partial charge in [-0.25, -0.2) is 0 Å². The molecule has 4 aromatic rings. The van der Waals surface area contributed by atoms with Crippen LogP contribution in [0.2, 0.25) is 0 Å². The van der Waals surface area contributed by atoms with E-state index in [4.69, 9.17) is 4.99 Å². The lowest BCUT2D eigenvalue weighted by molar-refractivity contribution is 0.296. The molecule has 1 N–H and O–H groups in total. The van der Waals surface area contributed by atoms with Crippen LogP contribution in [0.25, 0.3) is 28.0 Å². The molecule has 0 radical (unpaired) electrons. The number of allylic oxidation sites excluding steroid dienone is 14. The van der Waals surface area contributed by atoms with E-state index in [1.54, 1.807) is 0 Å². The average Bonchev–Trinajstić information content (AvgIpc) is 3.60. The number of rotatable bonds is 5. The van der Waals surface area contributed by atoms with E-state index < -0.39 is 0 Å². The van der Waals surface area contributed by atoms with Crippen LogP contribution in [0.15, 0.2) is 203 Å². The number of thioether (sulfide) groups is 1. The molecule has 4 heteroatoms. The van der Waals surface area contributed by atoms with Gasteiger partial charge in [0.1, 0.15) is 6.17 Å². The quantitative estimate of drug-likeness (QED) is 0.220. The second-order valence-corrected chi connectivity index (χ2v) is 17.4. The summed E-state index contributed by atoms with van der Waals surface area (Å²) in [6.07, 6.45) is 34.9. The summed E-state index contributed by atoms with van der Waals surface area (Å²) >= 11 is 2.06. The molecule has 1 saturated heterocycles. The molecular formula is C54H43N3S. The Morgan fingerprint density at radius 3 is 2.31 bits per heavy atom. The molecule has 2 heterocycles. The van der Waals surface area contributed by atoms with Gasteiger partial charge in [0.25, 0.3) is 0 Å². The highest BCUT2D eigenvalue weighted by Crippen LogP contribution is 2.69. The van der Waals surface area contributed by atoms with Crippen LogP contribution in [0.4, 0.5) is 0 Å². The van der Waals surface area contributed by atoms with Gasteiger partial charge in [0, 0.05) is 39.0 Å². The fraction of sp³-hybridized carbons (Fsp3) is 0.185. The predicted octanol–water partition coefficient (Wildman–Crippen LogP) is 12.5. The second-order valence-electron chi connectivity index (χ2n) is 16.3. The summed E-state index contributed by atoms with van der Waals surface area (Å²) in [6, 6.07) is 37.1. The third kappa shape index (κ3) is 5.59. The van der Waals surface area contributed by atoms with Crippen molar-refractivity contribution in [2.45, 2.75) is 48.4 Å². The maximum absolute atomic E-state index is 9.60. The zero-order chi connectivity index (χ0) is 38.6. The molecule has 3 nitrogen and oxygen atoms in total. The Morgan fingerprint density at radius 1 is 0.707 bits per heavy atom. The van der Waals surface area contributed by atoms with Gasteiger partial charge in [-0.3, -0.25) is 4.99 Å². The highest BCUT2D eigenvalue weighted by Gasteiger charge is 2.62. The van der Waals surface area contributed by atoms with Crippen molar-refractivity contribution < 1.29 is 0 Å². The van der Waals surface area contributed by atoms with Gasteiger partial charge in [0.15, 0.2) is 0 Å². The number of nitrogens with one attached hydrogen (secondary N) is 1. The molecule has 6 atom stereocenters. The molecule has 11 rings (SSSR count). The first-order valence-corrected chi connectivity index (χ1v) is 21.6. The molecule has 58 heavy (non-hydrogen) atoms. The second kappa shape index (κ2) is 14.3. The average molecular weight is 766 g/mol. The summed E-state index contributed by atoms with van der Waals surface area (Å²) in [5, 5.41) is 13.7. The lowest BCUT2D eigenvalue weighted by Crippen LogP contribution is -2.50. The van der Waals surface area contributed by atoms with Crippen molar-refractivity contribution in [3.05, 3.63) is 220 Å². The zero-order valence-electron chi connectivity index (χ0n) is 32.3. The van der Waals surface area contributed by atoms with Gasteiger partial charge in [0.2, 0.25) is 0 Å². The third-order valence-corrected chi connectivity index (χ3v) is 14.7. The van der Waals surface area contributed by atoms with E-state index in [0.29, 0.717) is 5.56 Å². The van der Waals surface area contributed by atoms with E-state index in [-0.39, 0.29) is 34.6 Å². The summed E-state index contributed by atoms with van der Waals surface area (Å²) in [5.74, 6) is 0.697. The largest absolute Gasteiger partial charge is 0.360 e. The number of fused-ring (bicyclic) bond motifs is 9. The highest BCUT2D eigenvalue weighted by molar-refractivity contribution is 8.04. The van der Waals surface area contributed by atoms with Crippen molar-refractivity contribution in [2.24, 2.45) is 16.8 Å². The monoisotopic (exact) mass is 765 g/mol. The minimum Gasteiger partial charge on any atom is -0.360 e. The fourth-order valence-electron chi connectivity index (χ4n) is 10.7. The van der Waals surface area contributed by atoms with Crippen LogP contribution in [-0.2, 0) is 5.41 Å². The summed E-state index contributed by atoms with van der Waals surface area (Å²) in [4.78, 5) is 7.03. The minimum atomic E-state index is -0.259. The van der Waals surface area contributed by atoms with Crippen molar-refractivity contribution in [1.29, 1.82) is 5.26 Å². The van der Waals surface area contributed by atoms with Crippen molar-refractivity contribution in [2.75, 3.05) is 0 Å². The van der Waals surface area contributed by atoms with Gasteiger partial charge in [0.05, 0.1) is 17.3 Å². The molecule has 0 amide bonds. The van der Waals surface area contributed by atoms with Gasteiger partial charge < -0.3 is 5.32 Å². The number of hydrogen-bond donors (Lipinski definition) is 1. The van der Waals surface area contributed by atoms with Crippen LogP contribution in [0.3, 0.4) is 0 Å². The lowest BCUT2D eigenvalue weighted by atomic mass is 9.56. The van der Waals surface area contributed by atoms with E-state index in [1.807, 2.05) is 12.1 Å². The summed E-state index contributed by atoms with van der Waals surface area (Å²) in [7, 11) is 0. The van der Waals surface area contributed by atoms with Crippen molar-refractivity contribution >= 4 is 23.2 Å². The normalized spacial score (nSPS) is 27.3. The Kier molecular flexibility index (Phi) is 8.67. The first kappa shape index (κ1) is 35.0. The first-order valence-electron chi connectivity index (χ1n) is 20.7. The van der Waals surface area contributed by atoms with Gasteiger partial charge in [-0.05, 0) is 99.6 Å². The van der Waals surface area contributed by atoms with Gasteiger partial charge in [-0.15, -0.1) is 11.8 Å². The van der Waals surface area contributed by atoms with E-state index in [0.717, 1.165) is 37.1 Å². The molecule has 4 aromatic carbocycles. The standard InChI is InChI=1S/C54H43N3S/c55-34-35-25-27-38(28-26-35)41-18-11-22-46-51(41)42-17-7-8-20-44(42)54(46)45-21-9-10-24-50(45)58-52-43(19-12-23-47(52)54)49-33-48(56-53(57-49)40-15-5-2-6-16-40)39-31-29-37(30-32-39)36-13-3-1-4-14-36/h1-5,7-8,11-15,17-33,42,44,47,52-53,56H,6,9-10,16H2. The smallest absolute Gasteiger partial charge is 0.141 e. The molecule has 0 saturated carbocycles. The maximum Gasteiger partial charge on any atom is 0.141 e. The van der Waals surface area contributed by atoms with Crippen molar-refractivity contribution in [1.82, 2.24) is 5.32 Å². The minimum absolute atomic E-state index is 0.135. The third-order valence-electron chi connectivity index (χ3n) is 13.3. The fourth-order valence-corrected chi connectivity index (χ4v) is 12.4. The Morgan fingerprint density at radius 2 is 1.48 bits per heavy atom. The van der Waals surface area contributed by atoms with Gasteiger partial charge >= 0.3 is 0 Å². The zero-order valence-corrected chi connectivity index (χ0v) is 33.1. The Balaban J connectivity index is 1.05. The SMILES string of the molecule is N#Cc1ccc(-c2cccc3c2C2C=CC=CC2C32C3=CCCC=C3SC3C(C4=NC(C5=CC=CCC5)NC(c5ccc(-c6ccccc6)cc5)=C4)=CC=CC32)cc1. The van der Waals surface area contributed by atoms with Crippen LogP contribution >= 0.6 is 11.8 Å². The first-order chi connectivity index (χ1) is 28.7. The number of hydrogen-bond acceptors (Lipinski definition) is 4. The Bertz CT molecular complexity index is 2690. The molecule has 280 valence electrons. The number of aliphatic imine (C=N–C) groups is 1. The Labute approximate surface area is 345 Å². The molecule has 6 unspecified atom stereocenters. The van der Waals surface area contributed by atoms with Crippen LogP contribution in [-0.4, -0.2) is 17.1 Å². The molecule has 1 fully saturated rings. The molecular weight excluding hydrogens is 723 g/mol. The summed E-state index contributed by atoms with van der Waals surface area (Å²) in [6.45, 7) is 0. The molecule has 0 bridgehead atoms. The molecule has 5 aliphatic carbocycles. The van der Waals surface area contributed by atoms with Crippen molar-refractivity contribution in [3.63, 3.8) is 0 Å². The van der Waals surface area contributed by atoms with E-state index in [1.165, 1.54) is 60.6 Å². The van der Waals surface area contributed by atoms with E-state index in [9.17, 15) is 5.26 Å². The van der Waals surface area contributed by atoms with Gasteiger partial charge in [-0.1, -0.05) is 158 Å². The number of nitriles is 1. The number of nitrogens with zero attached hydrogens (tertiary/aromatic N) is 2. The van der Waals surface area contributed by atoms with Crippen LogP contribution in [0.1, 0.15) is 53.9 Å². The van der Waals surface area contributed by atoms with Gasteiger partial charge in [-0.2, -0.15) is 5.26 Å². The van der Waals surface area contributed by atoms with Crippen molar-refractivity contribution in [3.8, 4) is 28.3 Å². The summed E-state index contributed by atoms with van der Waals surface area (Å²) < 4.78 is 0. The number of benzene rings is 4. The highest BCUT2D eigenvalue weighted by atomic mass is 32.2. The van der Waals surface area contributed by atoms with Crippen LogP contribution in [0.5, 0.6) is 0 Å². The molecule has 1 spiro atoms.